The van der Waals surface area contributed by atoms with Crippen LogP contribution in [0.4, 0.5) is 0 Å². The molecule has 3 rings (SSSR count). The summed E-state index contributed by atoms with van der Waals surface area (Å²) in [6, 6.07) is 10.2. The predicted molar refractivity (Wildman–Crippen MR) is 117 cm³/mol. The molecule has 32 heavy (non-hydrogen) atoms. The summed E-state index contributed by atoms with van der Waals surface area (Å²) < 4.78 is 21.6. The van der Waals surface area contributed by atoms with Gasteiger partial charge in [-0.2, -0.15) is 5.10 Å². The standard InChI is InChI=1S/C23H26N2O7/c1-29-14-6-8-20(31-3)17(11-14)18-13-19(25(24-18)22(26)9-10-23(27)28)16-7-5-15(30-2)12-21(16)32-4/h5-8,11-12,19H,9-10,13H2,1-4H3,(H,27,28)/t19-/m1/s1. The largest absolute Gasteiger partial charge is 0.497 e. The van der Waals surface area contributed by atoms with Crippen LogP contribution in [0.15, 0.2) is 41.5 Å². The van der Waals surface area contributed by atoms with Crippen LogP contribution in [0.25, 0.3) is 0 Å². The second kappa shape index (κ2) is 10.0. The Bertz CT molecular complexity index is 1040. The predicted octanol–water partition coefficient (Wildman–Crippen LogP) is 3.26. The van der Waals surface area contributed by atoms with Crippen molar-refractivity contribution in [2.24, 2.45) is 5.10 Å². The van der Waals surface area contributed by atoms with Gasteiger partial charge in [-0.3, -0.25) is 9.59 Å². The molecule has 1 amide bonds. The third-order valence-corrected chi connectivity index (χ3v) is 5.24. The molecule has 1 N–H and O–H groups in total. The molecule has 170 valence electrons. The van der Waals surface area contributed by atoms with Crippen molar-refractivity contribution in [3.05, 3.63) is 47.5 Å². The molecule has 1 aliphatic heterocycles. The van der Waals surface area contributed by atoms with Gasteiger partial charge in [-0.1, -0.05) is 0 Å². The number of benzene rings is 2. The van der Waals surface area contributed by atoms with Crippen LogP contribution in [0.2, 0.25) is 0 Å². The minimum atomic E-state index is -1.05. The normalized spacial score (nSPS) is 15.2. The van der Waals surface area contributed by atoms with E-state index in [-0.39, 0.29) is 12.8 Å². The molecule has 0 saturated heterocycles. The van der Waals surface area contributed by atoms with E-state index in [0.717, 1.165) is 5.56 Å². The van der Waals surface area contributed by atoms with Crippen LogP contribution in [-0.4, -0.2) is 56.1 Å². The Kier molecular flexibility index (Phi) is 7.19. The number of carbonyl (C=O) groups excluding carboxylic acids is 1. The minimum Gasteiger partial charge on any atom is -0.497 e. The van der Waals surface area contributed by atoms with Crippen molar-refractivity contribution in [3.8, 4) is 23.0 Å². The minimum absolute atomic E-state index is 0.170. The van der Waals surface area contributed by atoms with E-state index in [4.69, 9.17) is 24.1 Å². The van der Waals surface area contributed by atoms with E-state index >= 15 is 0 Å². The van der Waals surface area contributed by atoms with E-state index in [1.54, 1.807) is 51.7 Å². The smallest absolute Gasteiger partial charge is 0.303 e. The number of aliphatic carboxylic acids is 1. The van der Waals surface area contributed by atoms with Gasteiger partial charge in [-0.15, -0.1) is 0 Å². The van der Waals surface area contributed by atoms with Gasteiger partial charge in [0.1, 0.15) is 23.0 Å². The molecule has 0 saturated carbocycles. The van der Waals surface area contributed by atoms with Gasteiger partial charge in [0.2, 0.25) is 5.91 Å². The molecule has 9 nitrogen and oxygen atoms in total. The molecular weight excluding hydrogens is 416 g/mol. The number of nitrogens with zero attached hydrogens (tertiary/aromatic N) is 2. The molecule has 1 aliphatic rings. The SMILES string of the molecule is COc1ccc([C@H]2CC(c3cc(OC)ccc3OC)=NN2C(=O)CCC(=O)O)c(OC)c1. The summed E-state index contributed by atoms with van der Waals surface area (Å²) in [7, 11) is 6.22. The van der Waals surface area contributed by atoms with Crippen LogP contribution in [0, 0.1) is 0 Å². The highest BCUT2D eigenvalue weighted by Crippen LogP contribution is 2.41. The molecule has 1 heterocycles. The van der Waals surface area contributed by atoms with E-state index in [2.05, 4.69) is 5.10 Å². The van der Waals surface area contributed by atoms with E-state index < -0.39 is 17.9 Å². The average molecular weight is 442 g/mol. The van der Waals surface area contributed by atoms with Crippen LogP contribution in [0.1, 0.15) is 36.4 Å². The second-order valence-corrected chi connectivity index (χ2v) is 7.07. The highest BCUT2D eigenvalue weighted by atomic mass is 16.5. The molecule has 2 aromatic carbocycles. The molecule has 0 radical (unpaired) electrons. The van der Waals surface area contributed by atoms with Gasteiger partial charge in [-0.05, 0) is 30.3 Å². The van der Waals surface area contributed by atoms with Crippen LogP contribution >= 0.6 is 0 Å². The molecule has 0 fully saturated rings. The molecule has 9 heteroatoms. The fourth-order valence-corrected chi connectivity index (χ4v) is 3.61. The zero-order valence-corrected chi connectivity index (χ0v) is 18.5. The van der Waals surface area contributed by atoms with E-state index in [0.29, 0.717) is 40.7 Å². The van der Waals surface area contributed by atoms with Crippen molar-refractivity contribution in [2.75, 3.05) is 28.4 Å². The Morgan fingerprint density at radius 1 is 0.938 bits per heavy atom. The van der Waals surface area contributed by atoms with Gasteiger partial charge in [0.25, 0.3) is 0 Å². The van der Waals surface area contributed by atoms with Crippen molar-refractivity contribution in [1.29, 1.82) is 0 Å². The van der Waals surface area contributed by atoms with Crippen LogP contribution < -0.4 is 18.9 Å². The summed E-state index contributed by atoms with van der Waals surface area (Å²) in [5.41, 5.74) is 2.04. The first-order valence-electron chi connectivity index (χ1n) is 9.97. The quantitative estimate of drug-likeness (QED) is 0.635. The number of hydrogen-bond donors (Lipinski definition) is 1. The molecule has 0 unspecified atom stereocenters. The highest BCUT2D eigenvalue weighted by Gasteiger charge is 2.36. The van der Waals surface area contributed by atoms with Crippen molar-refractivity contribution in [3.63, 3.8) is 0 Å². The number of hydrazone groups is 1. The number of carboxylic acids is 1. The molecule has 0 aromatic heterocycles. The first-order valence-corrected chi connectivity index (χ1v) is 9.97. The highest BCUT2D eigenvalue weighted by molar-refractivity contribution is 6.05. The number of methoxy groups -OCH3 is 4. The topological polar surface area (TPSA) is 107 Å². The second-order valence-electron chi connectivity index (χ2n) is 7.07. The number of hydrogen-bond acceptors (Lipinski definition) is 7. The summed E-state index contributed by atoms with van der Waals surface area (Å²) >= 11 is 0. The Hall–Kier alpha value is -3.75. The maximum absolute atomic E-state index is 12.9. The molecular formula is C23H26N2O7. The van der Waals surface area contributed by atoms with Crippen LogP contribution in [0.5, 0.6) is 23.0 Å². The fourth-order valence-electron chi connectivity index (χ4n) is 3.61. The zero-order valence-electron chi connectivity index (χ0n) is 18.5. The number of amides is 1. The number of rotatable bonds is 9. The first kappa shape index (κ1) is 22.9. The molecule has 0 bridgehead atoms. The van der Waals surface area contributed by atoms with Crippen LogP contribution in [0.3, 0.4) is 0 Å². The first-order chi connectivity index (χ1) is 15.4. The van der Waals surface area contributed by atoms with E-state index in [1.165, 1.54) is 12.1 Å². The van der Waals surface area contributed by atoms with Crippen molar-refractivity contribution >= 4 is 17.6 Å². The Morgan fingerprint density at radius 3 is 2.22 bits per heavy atom. The third-order valence-electron chi connectivity index (χ3n) is 5.24. The van der Waals surface area contributed by atoms with Gasteiger partial charge < -0.3 is 24.1 Å². The van der Waals surface area contributed by atoms with E-state index in [9.17, 15) is 9.59 Å². The van der Waals surface area contributed by atoms with Gasteiger partial charge in [0, 0.05) is 30.0 Å². The van der Waals surface area contributed by atoms with Gasteiger partial charge in [0.15, 0.2) is 0 Å². The zero-order chi connectivity index (χ0) is 23.3. The Morgan fingerprint density at radius 2 is 1.59 bits per heavy atom. The van der Waals surface area contributed by atoms with Gasteiger partial charge in [-0.25, -0.2) is 5.01 Å². The van der Waals surface area contributed by atoms with Crippen molar-refractivity contribution in [2.45, 2.75) is 25.3 Å². The summed E-state index contributed by atoms with van der Waals surface area (Å²) in [5, 5.41) is 14.9. The van der Waals surface area contributed by atoms with Crippen molar-refractivity contribution < 1.29 is 33.6 Å². The van der Waals surface area contributed by atoms with Crippen LogP contribution in [-0.2, 0) is 9.59 Å². The lowest BCUT2D eigenvalue weighted by atomic mass is 9.96. The lowest BCUT2D eigenvalue weighted by Gasteiger charge is -2.23. The van der Waals surface area contributed by atoms with E-state index in [1.807, 2.05) is 6.07 Å². The molecule has 0 aliphatic carbocycles. The van der Waals surface area contributed by atoms with Crippen molar-refractivity contribution in [1.82, 2.24) is 5.01 Å². The summed E-state index contributed by atoms with van der Waals surface area (Å²) in [4.78, 5) is 24.0. The molecule has 0 spiro atoms. The Labute approximate surface area is 186 Å². The maximum atomic E-state index is 12.9. The lowest BCUT2D eigenvalue weighted by Crippen LogP contribution is -2.27. The fraction of sp³-hybridized carbons (Fsp3) is 0.348. The number of ether oxygens (including phenoxy) is 4. The molecule has 2 aromatic rings. The Balaban J connectivity index is 2.05. The van der Waals surface area contributed by atoms with Gasteiger partial charge in [0.05, 0.1) is 46.6 Å². The average Bonchev–Trinajstić information content (AvgIpc) is 3.26. The summed E-state index contributed by atoms with van der Waals surface area (Å²) in [6.45, 7) is 0. The summed E-state index contributed by atoms with van der Waals surface area (Å²) in [5.74, 6) is 0.923. The molecule has 1 atom stereocenters. The maximum Gasteiger partial charge on any atom is 0.303 e. The number of carboxylic acid groups (broad SMARTS) is 1. The monoisotopic (exact) mass is 442 g/mol. The van der Waals surface area contributed by atoms with Gasteiger partial charge >= 0.3 is 5.97 Å². The lowest BCUT2D eigenvalue weighted by molar-refractivity contribution is -0.141. The number of carbonyl (C=O) groups is 2. The third kappa shape index (κ3) is 4.77. The summed E-state index contributed by atoms with van der Waals surface area (Å²) in [6.07, 6.45) is -0.0729.